The van der Waals surface area contributed by atoms with Crippen LogP contribution in [-0.4, -0.2) is 16.0 Å². The second-order valence-corrected chi connectivity index (χ2v) is 5.23. The predicted molar refractivity (Wildman–Crippen MR) is 71.9 cm³/mol. The fourth-order valence-corrected chi connectivity index (χ4v) is 2.37. The molecule has 2 aromatic rings. The van der Waals surface area contributed by atoms with Crippen molar-refractivity contribution in [1.82, 2.24) is 15.5 Å². The smallest absolute Gasteiger partial charge is 0.271 e. The maximum atomic E-state index is 11.9. The molecule has 1 amide bonds. The minimum atomic E-state index is -0.219. The molecule has 0 bridgehead atoms. The molecule has 0 aliphatic rings. The lowest BCUT2D eigenvalue weighted by atomic mass is 10.2. The van der Waals surface area contributed by atoms with Crippen LogP contribution in [0.3, 0.4) is 0 Å². The molecular weight excluding hydrogens is 264 g/mol. The number of nitrogens with one attached hydrogen (secondary N) is 1. The Morgan fingerprint density at radius 3 is 2.84 bits per heavy atom. The van der Waals surface area contributed by atoms with Crippen molar-refractivity contribution in [2.75, 3.05) is 0 Å². The van der Waals surface area contributed by atoms with Crippen LogP contribution in [0.5, 0.6) is 0 Å². The molecule has 2 rings (SSSR count). The first-order valence-electron chi connectivity index (χ1n) is 5.90. The van der Waals surface area contributed by atoms with E-state index in [0.29, 0.717) is 18.0 Å². The van der Waals surface area contributed by atoms with E-state index in [4.69, 9.17) is 10.3 Å². The van der Waals surface area contributed by atoms with E-state index >= 15 is 0 Å². The Morgan fingerprint density at radius 1 is 1.58 bits per heavy atom. The second-order valence-electron chi connectivity index (χ2n) is 4.35. The first-order chi connectivity index (χ1) is 8.99. The van der Waals surface area contributed by atoms with Gasteiger partial charge in [-0.1, -0.05) is 5.16 Å². The van der Waals surface area contributed by atoms with Gasteiger partial charge in [-0.05, 0) is 20.8 Å². The van der Waals surface area contributed by atoms with Crippen LogP contribution in [0.4, 0.5) is 0 Å². The first kappa shape index (κ1) is 13.7. The maximum absolute atomic E-state index is 11.9. The van der Waals surface area contributed by atoms with Gasteiger partial charge in [0.2, 0.25) is 0 Å². The third kappa shape index (κ3) is 2.99. The van der Waals surface area contributed by atoms with Gasteiger partial charge < -0.3 is 15.6 Å². The fourth-order valence-electron chi connectivity index (χ4n) is 1.61. The molecule has 0 aliphatic carbocycles. The van der Waals surface area contributed by atoms with Gasteiger partial charge in [-0.25, -0.2) is 4.98 Å². The minimum absolute atomic E-state index is 0.158. The van der Waals surface area contributed by atoms with Gasteiger partial charge in [0.05, 0.1) is 11.7 Å². The Bertz CT molecular complexity index is 569. The van der Waals surface area contributed by atoms with E-state index in [1.165, 1.54) is 11.3 Å². The van der Waals surface area contributed by atoms with Crippen molar-refractivity contribution in [3.63, 3.8) is 0 Å². The number of carbonyl (C=O) groups is 1. The van der Waals surface area contributed by atoms with Gasteiger partial charge in [-0.15, -0.1) is 11.3 Å². The Hall–Kier alpha value is -1.73. The third-order valence-corrected chi connectivity index (χ3v) is 3.80. The molecule has 0 radical (unpaired) electrons. The van der Waals surface area contributed by atoms with Crippen LogP contribution in [0.1, 0.15) is 45.5 Å². The summed E-state index contributed by atoms with van der Waals surface area (Å²) in [4.78, 5) is 16.1. The molecule has 2 aromatic heterocycles. The normalized spacial score (nSPS) is 12.4. The summed E-state index contributed by atoms with van der Waals surface area (Å²) in [6, 6.07) is -0.158. The molecule has 0 spiro atoms. The van der Waals surface area contributed by atoms with E-state index in [2.05, 4.69) is 15.5 Å². The van der Waals surface area contributed by atoms with Crippen LogP contribution in [0.15, 0.2) is 9.90 Å². The maximum Gasteiger partial charge on any atom is 0.271 e. The molecule has 19 heavy (non-hydrogen) atoms. The lowest BCUT2D eigenvalue weighted by Gasteiger charge is -2.02. The molecule has 0 aromatic carbocycles. The summed E-state index contributed by atoms with van der Waals surface area (Å²) < 4.78 is 5.04. The zero-order valence-electron chi connectivity index (χ0n) is 11.1. The Labute approximate surface area is 115 Å². The molecule has 7 heteroatoms. The average molecular weight is 280 g/mol. The van der Waals surface area contributed by atoms with Crippen molar-refractivity contribution >= 4 is 17.2 Å². The highest BCUT2D eigenvalue weighted by Gasteiger charge is 2.14. The second kappa shape index (κ2) is 5.50. The highest BCUT2D eigenvalue weighted by molar-refractivity contribution is 7.09. The number of rotatable bonds is 4. The van der Waals surface area contributed by atoms with Crippen molar-refractivity contribution in [2.45, 2.75) is 33.4 Å². The van der Waals surface area contributed by atoms with Gasteiger partial charge in [-0.3, -0.25) is 4.79 Å². The van der Waals surface area contributed by atoms with Gasteiger partial charge in [0.25, 0.3) is 5.91 Å². The highest BCUT2D eigenvalue weighted by Crippen LogP contribution is 2.16. The van der Waals surface area contributed by atoms with Crippen LogP contribution in [0.2, 0.25) is 0 Å². The number of carbonyl (C=O) groups excluding carboxylic acids is 1. The topological polar surface area (TPSA) is 94.0 Å². The Kier molecular flexibility index (Phi) is 3.96. The summed E-state index contributed by atoms with van der Waals surface area (Å²) in [7, 11) is 0. The minimum Gasteiger partial charge on any atom is -0.361 e. The van der Waals surface area contributed by atoms with Crippen molar-refractivity contribution in [1.29, 1.82) is 0 Å². The van der Waals surface area contributed by atoms with Gasteiger partial charge in [0.15, 0.2) is 0 Å². The number of aromatic nitrogens is 2. The van der Waals surface area contributed by atoms with E-state index in [1.54, 1.807) is 5.38 Å². The van der Waals surface area contributed by atoms with Crippen LogP contribution >= 0.6 is 11.3 Å². The molecule has 1 atom stereocenters. The van der Waals surface area contributed by atoms with Crippen LogP contribution in [0, 0.1) is 13.8 Å². The Balaban J connectivity index is 2.01. The number of thiazole rings is 1. The summed E-state index contributed by atoms with van der Waals surface area (Å²) >= 11 is 1.39. The summed E-state index contributed by atoms with van der Waals surface area (Å²) in [5.74, 6) is 0.496. The standard InChI is InChI=1S/C12H16N4O2S/c1-6(13)12-15-10(5-19-12)11(17)14-4-9-7(2)16-18-8(9)3/h5-6H,4,13H2,1-3H3,(H,14,17). The zero-order valence-corrected chi connectivity index (χ0v) is 11.9. The lowest BCUT2D eigenvalue weighted by Crippen LogP contribution is -2.23. The molecule has 6 nitrogen and oxygen atoms in total. The van der Waals surface area contributed by atoms with Crippen LogP contribution in [0.25, 0.3) is 0 Å². The number of aryl methyl sites for hydroxylation is 2. The van der Waals surface area contributed by atoms with Gasteiger partial charge in [0, 0.05) is 17.5 Å². The largest absolute Gasteiger partial charge is 0.361 e. The summed E-state index contributed by atoms with van der Waals surface area (Å²) in [6.07, 6.45) is 0. The predicted octanol–water partition coefficient (Wildman–Crippen LogP) is 1.70. The third-order valence-electron chi connectivity index (χ3n) is 2.75. The molecule has 0 saturated heterocycles. The summed E-state index contributed by atoms with van der Waals surface area (Å²) in [5.41, 5.74) is 7.79. The van der Waals surface area contributed by atoms with E-state index in [1.807, 2.05) is 20.8 Å². The highest BCUT2D eigenvalue weighted by atomic mass is 32.1. The fraction of sp³-hybridized carbons (Fsp3) is 0.417. The van der Waals surface area contributed by atoms with E-state index in [-0.39, 0.29) is 11.9 Å². The number of amides is 1. The monoisotopic (exact) mass is 280 g/mol. The lowest BCUT2D eigenvalue weighted by molar-refractivity contribution is 0.0946. The molecule has 102 valence electrons. The molecule has 2 heterocycles. The van der Waals surface area contributed by atoms with Gasteiger partial charge in [0.1, 0.15) is 16.5 Å². The molecular formula is C12H16N4O2S. The molecule has 3 N–H and O–H groups in total. The molecule has 0 fully saturated rings. The SMILES string of the molecule is Cc1noc(C)c1CNC(=O)c1csc(C(C)N)n1. The number of nitrogens with zero attached hydrogens (tertiary/aromatic N) is 2. The number of nitrogens with two attached hydrogens (primary N) is 1. The van der Waals surface area contributed by atoms with Gasteiger partial charge in [-0.2, -0.15) is 0 Å². The van der Waals surface area contributed by atoms with Crippen molar-refractivity contribution < 1.29 is 9.32 Å². The number of hydrogen-bond donors (Lipinski definition) is 2. The quantitative estimate of drug-likeness (QED) is 0.889. The summed E-state index contributed by atoms with van der Waals surface area (Å²) in [6.45, 7) is 5.88. The van der Waals surface area contributed by atoms with Crippen molar-refractivity contribution in [3.05, 3.63) is 33.1 Å². The van der Waals surface area contributed by atoms with Gasteiger partial charge >= 0.3 is 0 Å². The average Bonchev–Trinajstić information content (AvgIpc) is 2.95. The first-order valence-corrected chi connectivity index (χ1v) is 6.78. The summed E-state index contributed by atoms with van der Waals surface area (Å²) in [5, 5.41) is 9.10. The number of hydrogen-bond acceptors (Lipinski definition) is 6. The molecule has 1 unspecified atom stereocenters. The zero-order chi connectivity index (χ0) is 14.0. The van der Waals surface area contributed by atoms with Crippen molar-refractivity contribution in [3.8, 4) is 0 Å². The molecule has 0 saturated carbocycles. The van der Waals surface area contributed by atoms with Crippen LogP contribution in [-0.2, 0) is 6.54 Å². The van der Waals surface area contributed by atoms with E-state index < -0.39 is 0 Å². The molecule has 0 aliphatic heterocycles. The van der Waals surface area contributed by atoms with Crippen LogP contribution < -0.4 is 11.1 Å². The van der Waals surface area contributed by atoms with E-state index in [9.17, 15) is 4.79 Å². The van der Waals surface area contributed by atoms with E-state index in [0.717, 1.165) is 16.3 Å². The Morgan fingerprint density at radius 2 is 2.32 bits per heavy atom. The van der Waals surface area contributed by atoms with Crippen molar-refractivity contribution in [2.24, 2.45) is 5.73 Å².